The van der Waals surface area contributed by atoms with Gasteiger partial charge < -0.3 is 0 Å². The molecule has 2 aliphatic rings. The summed E-state index contributed by atoms with van der Waals surface area (Å²) in [5, 5.41) is 0. The molecule has 18 heavy (non-hydrogen) atoms. The lowest BCUT2D eigenvalue weighted by molar-refractivity contribution is 0.0412. The predicted molar refractivity (Wildman–Crippen MR) is 77.8 cm³/mol. The molecule has 0 aliphatic heterocycles. The van der Waals surface area contributed by atoms with E-state index in [0.29, 0.717) is 5.41 Å². The molecule has 0 nitrogen and oxygen atoms in total. The third kappa shape index (κ3) is 1.73. The van der Waals surface area contributed by atoms with Crippen LogP contribution in [0.2, 0.25) is 0 Å². The maximum atomic E-state index is 2.52. The molecule has 0 unspecified atom stereocenters. The Labute approximate surface area is 112 Å². The van der Waals surface area contributed by atoms with E-state index in [4.69, 9.17) is 0 Å². The van der Waals surface area contributed by atoms with Crippen LogP contribution in [0.4, 0.5) is 0 Å². The highest BCUT2D eigenvalue weighted by atomic mass is 14.5. The van der Waals surface area contributed by atoms with Gasteiger partial charge in [0.1, 0.15) is 0 Å². The fourth-order valence-corrected chi connectivity index (χ4v) is 4.57. The third-order valence-electron chi connectivity index (χ3n) is 6.29. The smallest absolute Gasteiger partial charge is 0.0128 e. The van der Waals surface area contributed by atoms with E-state index in [-0.39, 0.29) is 0 Å². The first-order chi connectivity index (χ1) is 8.65. The number of aryl methyl sites for hydroxylation is 1. The van der Waals surface area contributed by atoms with Crippen molar-refractivity contribution in [1.82, 2.24) is 0 Å². The Kier molecular flexibility index (Phi) is 3.00. The summed E-state index contributed by atoms with van der Waals surface area (Å²) in [6.07, 6.45) is 6.90. The minimum atomic E-state index is 0.591. The van der Waals surface area contributed by atoms with Gasteiger partial charge in [-0.2, -0.15) is 0 Å². The van der Waals surface area contributed by atoms with Crippen LogP contribution in [-0.4, -0.2) is 0 Å². The molecule has 1 fully saturated rings. The maximum Gasteiger partial charge on any atom is -0.0128 e. The highest BCUT2D eigenvalue weighted by Crippen LogP contribution is 2.55. The minimum Gasteiger partial charge on any atom is -0.0649 e. The van der Waals surface area contributed by atoms with E-state index >= 15 is 0 Å². The van der Waals surface area contributed by atoms with Gasteiger partial charge in [0.2, 0.25) is 0 Å². The molecule has 0 radical (unpaired) electrons. The highest BCUT2D eigenvalue weighted by molar-refractivity contribution is 5.34. The van der Waals surface area contributed by atoms with Crippen molar-refractivity contribution in [2.75, 3.05) is 0 Å². The Hall–Kier alpha value is -0.780. The largest absolute Gasteiger partial charge is 0.0649 e. The SMILES string of the molecule is CC[C@@]1(C)CC[C@@H]2c3ccccc3CC[C@H]2[C@@H]1C. The standard InChI is InChI=1S/C18H26/c1-4-18(3)12-11-17-15(13(18)2)10-9-14-7-5-6-8-16(14)17/h5-8,13,15,17H,4,9-12H2,1-3H3/t13-,15-,17-,18-/m0/s1. The second-order valence-corrected chi connectivity index (χ2v) is 6.84. The summed E-state index contributed by atoms with van der Waals surface area (Å²) in [7, 11) is 0. The minimum absolute atomic E-state index is 0.591. The molecule has 4 atom stereocenters. The fourth-order valence-electron chi connectivity index (χ4n) is 4.57. The van der Waals surface area contributed by atoms with Crippen LogP contribution in [0, 0.1) is 17.3 Å². The highest BCUT2D eigenvalue weighted by Gasteiger charge is 2.44. The average Bonchev–Trinajstić information content (AvgIpc) is 2.42. The number of rotatable bonds is 1. The van der Waals surface area contributed by atoms with Crippen LogP contribution in [0.1, 0.15) is 63.5 Å². The van der Waals surface area contributed by atoms with Crippen molar-refractivity contribution in [3.05, 3.63) is 35.4 Å². The zero-order valence-electron chi connectivity index (χ0n) is 12.1. The van der Waals surface area contributed by atoms with Crippen LogP contribution in [0.3, 0.4) is 0 Å². The molecule has 0 bridgehead atoms. The summed E-state index contributed by atoms with van der Waals surface area (Å²) in [6.45, 7) is 7.43. The monoisotopic (exact) mass is 242 g/mol. The van der Waals surface area contributed by atoms with Crippen molar-refractivity contribution in [3.8, 4) is 0 Å². The molecule has 0 amide bonds. The molecule has 0 N–H and O–H groups in total. The van der Waals surface area contributed by atoms with E-state index in [9.17, 15) is 0 Å². The molecule has 0 heteroatoms. The summed E-state index contributed by atoms with van der Waals surface area (Å²) in [5.74, 6) is 2.66. The number of fused-ring (bicyclic) bond motifs is 3. The molecule has 0 saturated heterocycles. The van der Waals surface area contributed by atoms with Gasteiger partial charge in [0.25, 0.3) is 0 Å². The lowest BCUT2D eigenvalue weighted by Gasteiger charge is -2.50. The molecule has 98 valence electrons. The van der Waals surface area contributed by atoms with Gasteiger partial charge in [0.15, 0.2) is 0 Å². The van der Waals surface area contributed by atoms with Crippen LogP contribution < -0.4 is 0 Å². The molecule has 1 aromatic rings. The Balaban J connectivity index is 1.94. The van der Waals surface area contributed by atoms with E-state index < -0.39 is 0 Å². The van der Waals surface area contributed by atoms with Gasteiger partial charge in [-0.15, -0.1) is 0 Å². The number of benzene rings is 1. The molecule has 0 spiro atoms. The third-order valence-corrected chi connectivity index (χ3v) is 6.29. The predicted octanol–water partition coefficient (Wildman–Crippen LogP) is 5.18. The van der Waals surface area contributed by atoms with Crippen molar-refractivity contribution in [1.29, 1.82) is 0 Å². The Bertz CT molecular complexity index is 433. The molecule has 1 aromatic carbocycles. The zero-order chi connectivity index (χ0) is 12.8. The van der Waals surface area contributed by atoms with E-state index in [1.165, 1.54) is 32.1 Å². The Morgan fingerprint density at radius 1 is 1.22 bits per heavy atom. The van der Waals surface area contributed by atoms with Gasteiger partial charge in [-0.1, -0.05) is 51.5 Å². The lowest BCUT2D eigenvalue weighted by atomic mass is 9.54. The second kappa shape index (κ2) is 4.40. The topological polar surface area (TPSA) is 0 Å². The van der Waals surface area contributed by atoms with E-state index in [1.54, 1.807) is 11.1 Å². The van der Waals surface area contributed by atoms with E-state index in [0.717, 1.165) is 17.8 Å². The van der Waals surface area contributed by atoms with E-state index in [2.05, 4.69) is 45.0 Å². The van der Waals surface area contributed by atoms with Gasteiger partial charge >= 0.3 is 0 Å². The molecule has 2 aliphatic carbocycles. The number of hydrogen-bond donors (Lipinski definition) is 0. The van der Waals surface area contributed by atoms with Gasteiger partial charge in [0.05, 0.1) is 0 Å². The van der Waals surface area contributed by atoms with Crippen molar-refractivity contribution in [2.24, 2.45) is 17.3 Å². The second-order valence-electron chi connectivity index (χ2n) is 6.84. The first-order valence-corrected chi connectivity index (χ1v) is 7.73. The van der Waals surface area contributed by atoms with E-state index in [1.807, 2.05) is 0 Å². The Morgan fingerprint density at radius 3 is 2.78 bits per heavy atom. The maximum absolute atomic E-state index is 2.52. The quantitative estimate of drug-likeness (QED) is 0.636. The van der Waals surface area contributed by atoms with Crippen LogP contribution in [0.5, 0.6) is 0 Å². The van der Waals surface area contributed by atoms with Crippen molar-refractivity contribution >= 4 is 0 Å². The Morgan fingerprint density at radius 2 is 2.00 bits per heavy atom. The fraction of sp³-hybridized carbons (Fsp3) is 0.667. The molecule has 3 rings (SSSR count). The van der Waals surface area contributed by atoms with Crippen LogP contribution in [-0.2, 0) is 6.42 Å². The summed E-state index contributed by atoms with van der Waals surface area (Å²) < 4.78 is 0. The first kappa shape index (κ1) is 12.3. The van der Waals surface area contributed by atoms with Crippen LogP contribution >= 0.6 is 0 Å². The normalized spacial score (nSPS) is 38.9. The van der Waals surface area contributed by atoms with Crippen molar-refractivity contribution in [2.45, 2.75) is 58.8 Å². The summed E-state index contributed by atoms with van der Waals surface area (Å²) >= 11 is 0. The molecular formula is C18H26. The summed E-state index contributed by atoms with van der Waals surface area (Å²) in [4.78, 5) is 0. The first-order valence-electron chi connectivity index (χ1n) is 7.73. The zero-order valence-corrected chi connectivity index (χ0v) is 12.1. The van der Waals surface area contributed by atoms with Gasteiger partial charge in [0, 0.05) is 0 Å². The van der Waals surface area contributed by atoms with Gasteiger partial charge in [-0.05, 0) is 60.0 Å². The summed E-state index contributed by atoms with van der Waals surface area (Å²) in [5.41, 5.74) is 3.90. The summed E-state index contributed by atoms with van der Waals surface area (Å²) in [6, 6.07) is 9.19. The van der Waals surface area contributed by atoms with Crippen molar-refractivity contribution in [3.63, 3.8) is 0 Å². The molecule has 1 saturated carbocycles. The van der Waals surface area contributed by atoms with Gasteiger partial charge in [-0.25, -0.2) is 0 Å². The van der Waals surface area contributed by atoms with Crippen LogP contribution in [0.25, 0.3) is 0 Å². The van der Waals surface area contributed by atoms with Crippen molar-refractivity contribution < 1.29 is 0 Å². The lowest BCUT2D eigenvalue weighted by Crippen LogP contribution is -2.40. The van der Waals surface area contributed by atoms with Crippen LogP contribution in [0.15, 0.2) is 24.3 Å². The number of hydrogen-bond acceptors (Lipinski definition) is 0. The molecular weight excluding hydrogens is 216 g/mol. The average molecular weight is 242 g/mol. The van der Waals surface area contributed by atoms with Gasteiger partial charge in [-0.3, -0.25) is 0 Å². The molecule has 0 heterocycles. The molecule has 0 aromatic heterocycles.